The van der Waals surface area contributed by atoms with Gasteiger partial charge in [0.2, 0.25) is 5.91 Å². The summed E-state index contributed by atoms with van der Waals surface area (Å²) < 4.78 is 0. The fourth-order valence-corrected chi connectivity index (χ4v) is 3.17. The molecule has 1 heterocycles. The van der Waals surface area contributed by atoms with Gasteiger partial charge in [0.05, 0.1) is 12.1 Å². The number of halogens is 1. The number of hydrogen-bond acceptors (Lipinski definition) is 3. The summed E-state index contributed by atoms with van der Waals surface area (Å²) in [5, 5.41) is 3.75. The highest BCUT2D eigenvalue weighted by Gasteiger charge is 2.40. The Morgan fingerprint density at radius 3 is 2.58 bits per heavy atom. The fraction of sp³-hybridized carbons (Fsp3) is 0.263. The lowest BCUT2D eigenvalue weighted by Crippen LogP contribution is -2.35. The highest BCUT2D eigenvalue weighted by molar-refractivity contribution is 6.32. The minimum absolute atomic E-state index is 0.137. The van der Waals surface area contributed by atoms with E-state index in [2.05, 4.69) is 5.32 Å². The molecule has 0 radical (unpaired) electrons. The van der Waals surface area contributed by atoms with Gasteiger partial charge in [0.1, 0.15) is 6.04 Å². The van der Waals surface area contributed by atoms with Crippen LogP contribution in [-0.4, -0.2) is 17.9 Å². The number of nitrogens with one attached hydrogen (secondary N) is 1. The van der Waals surface area contributed by atoms with Gasteiger partial charge in [-0.15, -0.1) is 0 Å². The van der Waals surface area contributed by atoms with Crippen molar-refractivity contribution < 1.29 is 9.59 Å². The Labute approximate surface area is 146 Å². The monoisotopic (exact) mass is 342 g/mol. The quantitative estimate of drug-likeness (QED) is 0.857. The molecule has 124 valence electrons. The van der Waals surface area contributed by atoms with Crippen molar-refractivity contribution in [3.05, 3.63) is 58.1 Å². The van der Waals surface area contributed by atoms with Crippen molar-refractivity contribution in [2.45, 2.75) is 33.2 Å². The number of aryl methyl sites for hydroxylation is 2. The Bertz CT molecular complexity index is 832. The molecule has 0 bridgehead atoms. The molecule has 1 fully saturated rings. The molecule has 3 rings (SSSR count). The van der Waals surface area contributed by atoms with E-state index in [1.807, 2.05) is 39.0 Å². The number of hydrogen-bond donors (Lipinski definition) is 1. The lowest BCUT2D eigenvalue weighted by Gasteiger charge is -2.19. The third-order valence-electron chi connectivity index (χ3n) is 4.34. The van der Waals surface area contributed by atoms with Gasteiger partial charge in [-0.2, -0.15) is 0 Å². The number of nitrogens with zero attached hydrogens (tertiary/aromatic N) is 1. The van der Waals surface area contributed by atoms with Crippen LogP contribution in [0.3, 0.4) is 0 Å². The smallest absolute Gasteiger partial charge is 0.256 e. The molecule has 1 atom stereocenters. The summed E-state index contributed by atoms with van der Waals surface area (Å²) in [5.41, 5.74) is 4.36. The molecule has 2 amide bonds. The van der Waals surface area contributed by atoms with Crippen molar-refractivity contribution in [2.24, 2.45) is 0 Å². The molecule has 0 unspecified atom stereocenters. The highest BCUT2D eigenvalue weighted by atomic mass is 35.5. The van der Waals surface area contributed by atoms with Crippen LogP contribution in [0, 0.1) is 20.8 Å². The number of anilines is 2. The zero-order valence-electron chi connectivity index (χ0n) is 13.9. The number of carbonyl (C=O) groups excluding carboxylic acids is 2. The predicted molar refractivity (Wildman–Crippen MR) is 96.6 cm³/mol. The topological polar surface area (TPSA) is 49.4 Å². The summed E-state index contributed by atoms with van der Waals surface area (Å²) in [6.45, 7) is 5.81. The number of imide groups is 1. The van der Waals surface area contributed by atoms with Gasteiger partial charge in [-0.3, -0.25) is 9.59 Å². The van der Waals surface area contributed by atoms with Gasteiger partial charge < -0.3 is 5.32 Å². The summed E-state index contributed by atoms with van der Waals surface area (Å²) in [4.78, 5) is 26.4. The lowest BCUT2D eigenvalue weighted by molar-refractivity contribution is -0.121. The van der Waals surface area contributed by atoms with Crippen LogP contribution in [-0.2, 0) is 9.59 Å². The molecule has 2 aromatic rings. The molecule has 0 aliphatic carbocycles. The van der Waals surface area contributed by atoms with Gasteiger partial charge in [-0.1, -0.05) is 35.4 Å². The normalized spacial score (nSPS) is 17.5. The van der Waals surface area contributed by atoms with E-state index in [4.69, 9.17) is 11.6 Å². The second-order valence-corrected chi connectivity index (χ2v) is 6.58. The average molecular weight is 343 g/mol. The van der Waals surface area contributed by atoms with Crippen LogP contribution < -0.4 is 10.2 Å². The van der Waals surface area contributed by atoms with Crippen LogP contribution in [0.25, 0.3) is 0 Å². The summed E-state index contributed by atoms with van der Waals surface area (Å²) >= 11 is 6.12. The largest absolute Gasteiger partial charge is 0.373 e. The fourth-order valence-electron chi connectivity index (χ4n) is 3.00. The van der Waals surface area contributed by atoms with Crippen molar-refractivity contribution in [2.75, 3.05) is 10.2 Å². The Hall–Kier alpha value is -2.33. The van der Waals surface area contributed by atoms with E-state index >= 15 is 0 Å². The first-order chi connectivity index (χ1) is 11.4. The van der Waals surface area contributed by atoms with Crippen LogP contribution >= 0.6 is 11.6 Å². The van der Waals surface area contributed by atoms with Gasteiger partial charge in [-0.05, 0) is 50.1 Å². The van der Waals surface area contributed by atoms with Crippen molar-refractivity contribution in [1.29, 1.82) is 0 Å². The lowest BCUT2D eigenvalue weighted by atomic mass is 10.1. The van der Waals surface area contributed by atoms with Crippen molar-refractivity contribution in [3.8, 4) is 0 Å². The standard InChI is InChI=1S/C19H19ClN2O2/c1-11-7-8-15(12(2)9-11)21-16-10-18(23)22(19(16)24)17-6-4-5-14(20)13(17)3/h4-9,16,21H,10H2,1-3H3/t16-/m1/s1. The average Bonchev–Trinajstić information content (AvgIpc) is 2.80. The van der Waals surface area contributed by atoms with E-state index in [1.165, 1.54) is 4.90 Å². The van der Waals surface area contributed by atoms with E-state index in [9.17, 15) is 9.59 Å². The van der Waals surface area contributed by atoms with E-state index in [0.29, 0.717) is 10.7 Å². The second-order valence-electron chi connectivity index (χ2n) is 6.17. The molecule has 1 saturated heterocycles. The van der Waals surface area contributed by atoms with E-state index < -0.39 is 6.04 Å². The molecular weight excluding hydrogens is 324 g/mol. The number of rotatable bonds is 3. The first kappa shape index (κ1) is 16.5. The first-order valence-corrected chi connectivity index (χ1v) is 8.22. The van der Waals surface area contributed by atoms with Crippen molar-refractivity contribution in [3.63, 3.8) is 0 Å². The molecule has 1 N–H and O–H groups in total. The Balaban J connectivity index is 1.88. The van der Waals surface area contributed by atoms with Gasteiger partial charge in [-0.25, -0.2) is 4.90 Å². The van der Waals surface area contributed by atoms with Crippen molar-refractivity contribution in [1.82, 2.24) is 0 Å². The Morgan fingerprint density at radius 1 is 1.12 bits per heavy atom. The second kappa shape index (κ2) is 6.29. The third-order valence-corrected chi connectivity index (χ3v) is 4.75. The van der Waals surface area contributed by atoms with Crippen molar-refractivity contribution >= 4 is 34.8 Å². The van der Waals surface area contributed by atoms with Gasteiger partial charge in [0.25, 0.3) is 5.91 Å². The molecule has 24 heavy (non-hydrogen) atoms. The molecule has 5 heteroatoms. The maximum Gasteiger partial charge on any atom is 0.256 e. The van der Waals surface area contributed by atoms with E-state index in [0.717, 1.165) is 22.4 Å². The van der Waals surface area contributed by atoms with Gasteiger partial charge >= 0.3 is 0 Å². The summed E-state index contributed by atoms with van der Waals surface area (Å²) in [5.74, 6) is -0.460. The van der Waals surface area contributed by atoms with E-state index in [-0.39, 0.29) is 18.2 Å². The van der Waals surface area contributed by atoms with Crippen LogP contribution in [0.15, 0.2) is 36.4 Å². The van der Waals surface area contributed by atoms with Crippen LogP contribution in [0.2, 0.25) is 5.02 Å². The van der Waals surface area contributed by atoms with E-state index in [1.54, 1.807) is 18.2 Å². The molecule has 1 aliphatic heterocycles. The Morgan fingerprint density at radius 2 is 1.88 bits per heavy atom. The molecule has 4 nitrogen and oxygen atoms in total. The maximum absolute atomic E-state index is 12.8. The number of benzene rings is 2. The first-order valence-electron chi connectivity index (χ1n) is 7.84. The van der Waals surface area contributed by atoms with Crippen LogP contribution in [0.1, 0.15) is 23.1 Å². The molecule has 0 spiro atoms. The van der Waals surface area contributed by atoms with Gasteiger partial charge in [0.15, 0.2) is 0 Å². The van der Waals surface area contributed by atoms with Crippen LogP contribution in [0.4, 0.5) is 11.4 Å². The third kappa shape index (κ3) is 2.89. The zero-order chi connectivity index (χ0) is 17.4. The minimum Gasteiger partial charge on any atom is -0.373 e. The van der Waals surface area contributed by atoms with Gasteiger partial charge in [0, 0.05) is 10.7 Å². The molecular formula is C19H19ClN2O2. The number of amides is 2. The summed E-state index contributed by atoms with van der Waals surface area (Å²) in [6.07, 6.45) is 0.137. The molecule has 0 aromatic heterocycles. The molecule has 0 saturated carbocycles. The summed E-state index contributed by atoms with van der Waals surface area (Å²) in [6, 6.07) is 10.6. The summed E-state index contributed by atoms with van der Waals surface area (Å²) in [7, 11) is 0. The minimum atomic E-state index is -0.558. The highest BCUT2D eigenvalue weighted by Crippen LogP contribution is 2.31. The molecule has 2 aromatic carbocycles. The zero-order valence-corrected chi connectivity index (χ0v) is 14.6. The molecule has 1 aliphatic rings. The SMILES string of the molecule is Cc1ccc(N[C@@H]2CC(=O)N(c3cccc(Cl)c3C)C2=O)c(C)c1. The Kier molecular flexibility index (Phi) is 4.33. The van der Waals surface area contributed by atoms with Crippen LogP contribution in [0.5, 0.6) is 0 Å². The predicted octanol–water partition coefficient (Wildman–Crippen LogP) is 4.01. The maximum atomic E-state index is 12.8. The number of carbonyl (C=O) groups is 2.